The predicted molar refractivity (Wildman–Crippen MR) is 59.4 cm³/mol. The fourth-order valence-electron chi connectivity index (χ4n) is 0.749. The van der Waals surface area contributed by atoms with Crippen LogP contribution in [0.2, 0.25) is 25.1 Å². The van der Waals surface area contributed by atoms with Crippen LogP contribution in [0.4, 0.5) is 0 Å². The number of benzene rings is 1. The van der Waals surface area contributed by atoms with Gasteiger partial charge < -0.3 is 5.41 Å². The van der Waals surface area contributed by atoms with Crippen LogP contribution in [0.3, 0.4) is 0 Å². The highest BCUT2D eigenvalue weighted by Crippen LogP contribution is 2.42. The second-order valence-electron chi connectivity index (χ2n) is 2.13. The Balaban J connectivity index is 3.66. The minimum atomic E-state index is 0.101. The van der Waals surface area contributed by atoms with Crippen LogP contribution in [0.5, 0.6) is 0 Å². The molecule has 1 aromatic carbocycles. The van der Waals surface area contributed by atoms with E-state index in [0.717, 1.165) is 6.21 Å². The molecule has 70 valence electrons. The van der Waals surface area contributed by atoms with Crippen molar-refractivity contribution < 1.29 is 0 Å². The van der Waals surface area contributed by atoms with E-state index in [1.165, 1.54) is 0 Å². The van der Waals surface area contributed by atoms with Gasteiger partial charge in [0.05, 0.1) is 25.1 Å². The summed E-state index contributed by atoms with van der Waals surface area (Å²) in [7, 11) is 0. The van der Waals surface area contributed by atoms with Crippen LogP contribution in [-0.2, 0) is 0 Å². The van der Waals surface area contributed by atoms with Gasteiger partial charge in [-0.2, -0.15) is 0 Å². The molecule has 0 aliphatic rings. The molecule has 0 heterocycles. The highest BCUT2D eigenvalue weighted by atomic mass is 35.5. The highest BCUT2D eigenvalue weighted by Gasteiger charge is 2.17. The summed E-state index contributed by atoms with van der Waals surface area (Å²) in [6, 6.07) is 0. The summed E-state index contributed by atoms with van der Waals surface area (Å²) < 4.78 is 0. The Morgan fingerprint density at radius 2 is 1.00 bits per heavy atom. The first-order valence-corrected chi connectivity index (χ1v) is 4.91. The lowest BCUT2D eigenvalue weighted by molar-refractivity contribution is 1.54. The third kappa shape index (κ3) is 1.90. The summed E-state index contributed by atoms with van der Waals surface area (Å²) in [5.41, 5.74) is 0.266. The average molecular weight is 277 g/mol. The van der Waals surface area contributed by atoms with Crippen molar-refractivity contribution in [3.8, 4) is 0 Å². The molecule has 13 heavy (non-hydrogen) atoms. The normalized spacial score (nSPS) is 10.2. The molecule has 0 fully saturated rings. The Morgan fingerprint density at radius 1 is 0.692 bits per heavy atom. The fraction of sp³-hybridized carbons (Fsp3) is 0. The molecule has 0 aliphatic carbocycles. The maximum absolute atomic E-state index is 7.03. The van der Waals surface area contributed by atoms with E-state index in [1.54, 1.807) is 0 Å². The van der Waals surface area contributed by atoms with Gasteiger partial charge in [0.15, 0.2) is 0 Å². The Labute approximate surface area is 100.0 Å². The molecule has 0 atom stereocenters. The molecular weight excluding hydrogens is 275 g/mol. The van der Waals surface area contributed by atoms with Crippen molar-refractivity contribution >= 4 is 64.2 Å². The summed E-state index contributed by atoms with van der Waals surface area (Å²) in [4.78, 5) is 0. The van der Waals surface area contributed by atoms with Crippen LogP contribution < -0.4 is 0 Å². The first kappa shape index (κ1) is 11.4. The van der Waals surface area contributed by atoms with E-state index in [1.807, 2.05) is 0 Å². The van der Waals surface area contributed by atoms with Crippen LogP contribution in [0.1, 0.15) is 5.56 Å². The van der Waals surface area contributed by atoms with E-state index in [9.17, 15) is 0 Å². The van der Waals surface area contributed by atoms with Crippen molar-refractivity contribution in [2.45, 2.75) is 0 Å². The Hall–Kier alpha value is 0.340. The summed E-state index contributed by atoms with van der Waals surface area (Å²) in [6.07, 6.45) is 0.971. The molecule has 0 bridgehead atoms. The molecule has 1 aromatic rings. The van der Waals surface area contributed by atoms with Crippen LogP contribution >= 0.6 is 58.0 Å². The Kier molecular flexibility index (Phi) is 3.73. The van der Waals surface area contributed by atoms with E-state index in [-0.39, 0.29) is 30.7 Å². The largest absolute Gasteiger partial charge is 0.308 e. The van der Waals surface area contributed by atoms with Crippen molar-refractivity contribution in [3.63, 3.8) is 0 Å². The standard InChI is InChI=1S/C7H2Cl5N/c8-3-2(1-13)4(9)6(11)7(12)5(3)10/h1,13H. The van der Waals surface area contributed by atoms with Crippen LogP contribution in [0, 0.1) is 5.41 Å². The topological polar surface area (TPSA) is 23.9 Å². The van der Waals surface area contributed by atoms with Crippen molar-refractivity contribution in [3.05, 3.63) is 30.7 Å². The van der Waals surface area contributed by atoms with Crippen molar-refractivity contribution in [2.24, 2.45) is 0 Å². The lowest BCUT2D eigenvalue weighted by Crippen LogP contribution is -1.88. The third-order valence-corrected chi connectivity index (χ3v) is 3.69. The van der Waals surface area contributed by atoms with E-state index < -0.39 is 0 Å². The molecule has 0 aromatic heterocycles. The zero-order chi connectivity index (χ0) is 10.2. The number of halogens is 5. The highest BCUT2D eigenvalue weighted by molar-refractivity contribution is 6.56. The van der Waals surface area contributed by atoms with Crippen LogP contribution in [-0.4, -0.2) is 6.21 Å². The van der Waals surface area contributed by atoms with Gasteiger partial charge >= 0.3 is 0 Å². The van der Waals surface area contributed by atoms with Gasteiger partial charge in [-0.25, -0.2) is 0 Å². The van der Waals surface area contributed by atoms with Gasteiger partial charge in [0.1, 0.15) is 0 Å². The molecule has 1 nitrogen and oxygen atoms in total. The second-order valence-corrected chi connectivity index (χ2v) is 4.02. The maximum atomic E-state index is 7.03. The fourth-order valence-corrected chi connectivity index (χ4v) is 2.01. The first-order chi connectivity index (χ1) is 6.00. The average Bonchev–Trinajstić information content (AvgIpc) is 2.13. The lowest BCUT2D eigenvalue weighted by Gasteiger charge is -2.07. The monoisotopic (exact) mass is 275 g/mol. The molecule has 0 spiro atoms. The molecule has 1 rings (SSSR count). The summed E-state index contributed by atoms with van der Waals surface area (Å²) in [5, 5.41) is 7.62. The smallest absolute Gasteiger partial charge is 0.0809 e. The van der Waals surface area contributed by atoms with Gasteiger partial charge in [-0.15, -0.1) is 0 Å². The van der Waals surface area contributed by atoms with Gasteiger partial charge in [-0.05, 0) is 0 Å². The van der Waals surface area contributed by atoms with Gasteiger partial charge in [0, 0.05) is 11.8 Å². The molecule has 6 heteroatoms. The van der Waals surface area contributed by atoms with Gasteiger partial charge in [0.25, 0.3) is 0 Å². The molecule has 0 radical (unpaired) electrons. The second kappa shape index (κ2) is 4.24. The van der Waals surface area contributed by atoms with Crippen LogP contribution in [0.25, 0.3) is 0 Å². The van der Waals surface area contributed by atoms with Crippen molar-refractivity contribution in [1.82, 2.24) is 0 Å². The summed E-state index contributed by atoms with van der Waals surface area (Å²) in [5.74, 6) is 0. The SMILES string of the molecule is N=Cc1c(Cl)c(Cl)c(Cl)c(Cl)c1Cl. The van der Waals surface area contributed by atoms with Crippen LogP contribution in [0.15, 0.2) is 0 Å². The van der Waals surface area contributed by atoms with Gasteiger partial charge in [-0.1, -0.05) is 58.0 Å². The molecule has 0 unspecified atom stereocenters. The van der Waals surface area contributed by atoms with E-state index >= 15 is 0 Å². The van der Waals surface area contributed by atoms with E-state index in [2.05, 4.69) is 0 Å². The van der Waals surface area contributed by atoms with Gasteiger partial charge in [-0.3, -0.25) is 0 Å². The molecule has 1 N–H and O–H groups in total. The molecule has 0 amide bonds. The molecule has 0 saturated carbocycles. The third-order valence-electron chi connectivity index (χ3n) is 1.39. The maximum Gasteiger partial charge on any atom is 0.0809 e. The zero-order valence-corrected chi connectivity index (χ0v) is 9.75. The minimum absolute atomic E-state index is 0.101. The lowest BCUT2D eigenvalue weighted by atomic mass is 10.2. The predicted octanol–water partition coefficient (Wildman–Crippen LogP) is 4.95. The number of nitrogens with one attached hydrogen (secondary N) is 1. The molecule has 0 aliphatic heterocycles. The van der Waals surface area contributed by atoms with Gasteiger partial charge in [0.2, 0.25) is 0 Å². The van der Waals surface area contributed by atoms with E-state index in [0.29, 0.717) is 0 Å². The summed E-state index contributed by atoms with van der Waals surface area (Å²) in [6.45, 7) is 0. The van der Waals surface area contributed by atoms with Crippen molar-refractivity contribution in [2.75, 3.05) is 0 Å². The minimum Gasteiger partial charge on any atom is -0.308 e. The van der Waals surface area contributed by atoms with E-state index in [4.69, 9.17) is 63.4 Å². The Morgan fingerprint density at radius 3 is 1.31 bits per heavy atom. The molecular formula is C7H2Cl5N. The Bertz CT molecular complexity index is 345. The summed E-state index contributed by atoms with van der Waals surface area (Å²) >= 11 is 28.7. The molecule has 0 saturated heterocycles. The quantitative estimate of drug-likeness (QED) is 0.426. The zero-order valence-electron chi connectivity index (χ0n) is 5.97. The number of hydrogen-bond donors (Lipinski definition) is 1. The number of hydrogen-bond acceptors (Lipinski definition) is 1. The number of rotatable bonds is 1. The van der Waals surface area contributed by atoms with Crippen molar-refractivity contribution in [1.29, 1.82) is 5.41 Å². The first-order valence-electron chi connectivity index (χ1n) is 3.02.